The number of carboxylic acids is 1. The first kappa shape index (κ1) is 16.8. The van der Waals surface area contributed by atoms with E-state index in [1.807, 2.05) is 7.05 Å². The van der Waals surface area contributed by atoms with Gasteiger partial charge in [-0.2, -0.15) is 0 Å². The summed E-state index contributed by atoms with van der Waals surface area (Å²) in [5.74, 6) is -2.25. The molecule has 22 heavy (non-hydrogen) atoms. The van der Waals surface area contributed by atoms with Gasteiger partial charge in [-0.15, -0.1) is 0 Å². The zero-order valence-corrected chi connectivity index (χ0v) is 13.5. The van der Waals surface area contributed by atoms with Crippen molar-refractivity contribution in [1.29, 1.82) is 0 Å². The zero-order valence-electron chi connectivity index (χ0n) is 12.7. The third kappa shape index (κ3) is 3.59. The molecule has 1 fully saturated rings. The lowest BCUT2D eigenvalue weighted by atomic mass is 9.83. The number of likely N-dealkylation sites (tertiary alicyclic amines) is 1. The van der Waals surface area contributed by atoms with E-state index in [2.05, 4.69) is 4.90 Å². The number of ether oxygens (including phenoxy) is 1. The molecule has 1 aliphatic rings. The number of benzene rings is 1. The van der Waals surface area contributed by atoms with Gasteiger partial charge in [0.2, 0.25) is 0 Å². The van der Waals surface area contributed by atoms with Crippen molar-refractivity contribution in [1.82, 2.24) is 4.90 Å². The summed E-state index contributed by atoms with van der Waals surface area (Å²) in [6, 6.07) is 4.70. The second-order valence-corrected chi connectivity index (χ2v) is 6.02. The standard InChI is InChI=1S/C16H20ClNO4/c1-3-22-16(21)12-5-4-11(17)8-13(12)14(15(19)20)10-6-7-18(2)9-10/h4-5,8,10,14H,3,6-7,9H2,1-2H3,(H,19,20). The van der Waals surface area contributed by atoms with Gasteiger partial charge in [-0.25, -0.2) is 4.79 Å². The van der Waals surface area contributed by atoms with E-state index in [1.165, 1.54) is 0 Å². The maximum Gasteiger partial charge on any atom is 0.338 e. The molecule has 1 aromatic carbocycles. The zero-order chi connectivity index (χ0) is 16.3. The van der Waals surface area contributed by atoms with Crippen LogP contribution in [0.25, 0.3) is 0 Å². The second kappa shape index (κ2) is 7.11. The van der Waals surface area contributed by atoms with Crippen molar-refractivity contribution in [2.45, 2.75) is 19.3 Å². The minimum Gasteiger partial charge on any atom is -0.481 e. The van der Waals surface area contributed by atoms with Crippen LogP contribution in [-0.4, -0.2) is 48.7 Å². The Balaban J connectivity index is 2.44. The van der Waals surface area contributed by atoms with Gasteiger partial charge in [0.25, 0.3) is 0 Å². The lowest BCUT2D eigenvalue weighted by Crippen LogP contribution is -2.26. The number of hydrogen-bond acceptors (Lipinski definition) is 4. The van der Waals surface area contributed by atoms with Crippen LogP contribution < -0.4 is 0 Å². The van der Waals surface area contributed by atoms with Crippen LogP contribution in [0.3, 0.4) is 0 Å². The predicted octanol–water partition coefficient (Wildman–Crippen LogP) is 2.64. The van der Waals surface area contributed by atoms with Crippen LogP contribution in [0, 0.1) is 5.92 Å². The summed E-state index contributed by atoms with van der Waals surface area (Å²) in [4.78, 5) is 26.0. The van der Waals surface area contributed by atoms with Crippen LogP contribution in [0.4, 0.5) is 0 Å². The highest BCUT2D eigenvalue weighted by Gasteiger charge is 2.36. The Hall–Kier alpha value is -1.59. The van der Waals surface area contributed by atoms with Gasteiger partial charge in [-0.1, -0.05) is 11.6 Å². The Morgan fingerprint density at radius 1 is 1.50 bits per heavy atom. The first-order valence-corrected chi connectivity index (χ1v) is 7.69. The number of halogens is 1. The highest BCUT2D eigenvalue weighted by molar-refractivity contribution is 6.30. The molecule has 1 saturated heterocycles. The molecule has 1 N–H and O–H groups in total. The van der Waals surface area contributed by atoms with E-state index >= 15 is 0 Å². The average Bonchev–Trinajstić information content (AvgIpc) is 2.85. The summed E-state index contributed by atoms with van der Waals surface area (Å²) in [6.45, 7) is 3.49. The Kier molecular flexibility index (Phi) is 5.42. The fraction of sp³-hybridized carbons (Fsp3) is 0.500. The van der Waals surface area contributed by atoms with E-state index in [0.717, 1.165) is 13.0 Å². The number of carbonyl (C=O) groups excluding carboxylic acids is 1. The molecule has 0 aliphatic carbocycles. The van der Waals surface area contributed by atoms with E-state index in [1.54, 1.807) is 25.1 Å². The molecule has 2 rings (SSSR count). The maximum absolute atomic E-state index is 12.1. The van der Waals surface area contributed by atoms with Crippen LogP contribution in [0.15, 0.2) is 18.2 Å². The second-order valence-electron chi connectivity index (χ2n) is 5.58. The summed E-state index contributed by atoms with van der Waals surface area (Å²) < 4.78 is 5.04. The average molecular weight is 326 g/mol. The van der Waals surface area contributed by atoms with Gasteiger partial charge < -0.3 is 14.7 Å². The van der Waals surface area contributed by atoms with Crippen LogP contribution in [0.5, 0.6) is 0 Å². The molecular formula is C16H20ClNO4. The molecule has 5 nitrogen and oxygen atoms in total. The minimum atomic E-state index is -0.937. The van der Waals surface area contributed by atoms with Crippen LogP contribution >= 0.6 is 11.6 Å². The molecule has 2 unspecified atom stereocenters. The number of rotatable bonds is 5. The van der Waals surface area contributed by atoms with Gasteiger partial charge in [0.05, 0.1) is 18.1 Å². The van der Waals surface area contributed by atoms with E-state index in [9.17, 15) is 14.7 Å². The number of esters is 1. The van der Waals surface area contributed by atoms with Gasteiger partial charge in [0, 0.05) is 11.6 Å². The summed E-state index contributed by atoms with van der Waals surface area (Å²) >= 11 is 6.03. The molecular weight excluding hydrogens is 306 g/mol. The Morgan fingerprint density at radius 2 is 2.23 bits per heavy atom. The third-order valence-corrected chi connectivity index (χ3v) is 4.24. The van der Waals surface area contributed by atoms with Crippen molar-refractivity contribution in [2.24, 2.45) is 5.92 Å². The van der Waals surface area contributed by atoms with Gasteiger partial charge in [-0.3, -0.25) is 4.79 Å². The van der Waals surface area contributed by atoms with Gasteiger partial charge in [0.1, 0.15) is 0 Å². The Bertz CT molecular complexity index is 575. The highest BCUT2D eigenvalue weighted by atomic mass is 35.5. The summed E-state index contributed by atoms with van der Waals surface area (Å²) in [7, 11) is 1.96. The van der Waals surface area contributed by atoms with Crippen molar-refractivity contribution in [3.63, 3.8) is 0 Å². The topological polar surface area (TPSA) is 66.8 Å². The highest BCUT2D eigenvalue weighted by Crippen LogP contribution is 2.35. The van der Waals surface area contributed by atoms with Crippen LogP contribution in [0.1, 0.15) is 35.2 Å². The van der Waals surface area contributed by atoms with Gasteiger partial charge in [0.15, 0.2) is 0 Å². The van der Waals surface area contributed by atoms with E-state index < -0.39 is 17.9 Å². The number of hydrogen-bond donors (Lipinski definition) is 1. The first-order chi connectivity index (χ1) is 10.4. The largest absolute Gasteiger partial charge is 0.481 e. The Labute approximate surface area is 134 Å². The smallest absolute Gasteiger partial charge is 0.338 e. The molecule has 1 aliphatic heterocycles. The number of carboxylic acid groups (broad SMARTS) is 1. The van der Waals surface area contributed by atoms with Crippen LogP contribution in [0.2, 0.25) is 5.02 Å². The molecule has 0 amide bonds. The molecule has 0 saturated carbocycles. The fourth-order valence-electron chi connectivity index (χ4n) is 3.02. The van der Waals surface area contributed by atoms with Crippen molar-refractivity contribution >= 4 is 23.5 Å². The van der Waals surface area contributed by atoms with Gasteiger partial charge >= 0.3 is 11.9 Å². The first-order valence-electron chi connectivity index (χ1n) is 7.32. The predicted molar refractivity (Wildman–Crippen MR) is 83.4 cm³/mol. The molecule has 0 radical (unpaired) electrons. The van der Waals surface area contributed by atoms with Crippen LogP contribution in [-0.2, 0) is 9.53 Å². The lowest BCUT2D eigenvalue weighted by Gasteiger charge is -2.22. The fourth-order valence-corrected chi connectivity index (χ4v) is 3.20. The van der Waals surface area contributed by atoms with E-state index in [4.69, 9.17) is 16.3 Å². The molecule has 1 aromatic rings. The number of nitrogens with zero attached hydrogens (tertiary/aromatic N) is 1. The SMILES string of the molecule is CCOC(=O)c1ccc(Cl)cc1C(C(=O)O)C1CCN(C)C1. The molecule has 0 aromatic heterocycles. The van der Waals surface area contributed by atoms with Crippen molar-refractivity contribution in [2.75, 3.05) is 26.7 Å². The quantitative estimate of drug-likeness (QED) is 0.843. The third-order valence-electron chi connectivity index (χ3n) is 4.01. The molecule has 6 heteroatoms. The van der Waals surface area contributed by atoms with Crippen molar-refractivity contribution in [3.05, 3.63) is 34.3 Å². The minimum absolute atomic E-state index is 0.0471. The summed E-state index contributed by atoms with van der Waals surface area (Å²) in [5.41, 5.74) is 0.729. The van der Waals surface area contributed by atoms with Crippen molar-refractivity contribution in [3.8, 4) is 0 Å². The summed E-state index contributed by atoms with van der Waals surface area (Å²) in [6.07, 6.45) is 0.780. The van der Waals surface area contributed by atoms with E-state index in [-0.39, 0.29) is 18.1 Å². The van der Waals surface area contributed by atoms with Gasteiger partial charge in [-0.05, 0) is 56.6 Å². The lowest BCUT2D eigenvalue weighted by molar-refractivity contribution is -0.140. The normalized spacial score (nSPS) is 19.9. The molecule has 1 heterocycles. The molecule has 2 atom stereocenters. The summed E-state index contributed by atoms with van der Waals surface area (Å²) in [5, 5.41) is 10.1. The van der Waals surface area contributed by atoms with Crippen molar-refractivity contribution < 1.29 is 19.4 Å². The Morgan fingerprint density at radius 3 is 2.77 bits per heavy atom. The number of aliphatic carboxylic acids is 1. The monoisotopic (exact) mass is 325 g/mol. The maximum atomic E-state index is 12.1. The molecule has 0 spiro atoms. The molecule has 0 bridgehead atoms. The number of carbonyl (C=O) groups is 2. The van der Waals surface area contributed by atoms with E-state index in [0.29, 0.717) is 17.1 Å². The molecule has 120 valence electrons.